The van der Waals surface area contributed by atoms with Gasteiger partial charge in [-0.15, -0.1) is 0 Å². The number of nitrogens with one attached hydrogen (secondary N) is 1. The van der Waals surface area contributed by atoms with E-state index >= 15 is 0 Å². The topological polar surface area (TPSA) is 101 Å². The molecule has 0 spiro atoms. The van der Waals surface area contributed by atoms with Crippen LogP contribution >= 0.6 is 0 Å². The number of nitrogens with zero attached hydrogens (tertiary/aromatic N) is 3. The van der Waals surface area contributed by atoms with Crippen LogP contribution in [0.2, 0.25) is 0 Å². The zero-order valence-electron chi connectivity index (χ0n) is 19.8. The molecule has 9 nitrogen and oxygen atoms in total. The summed E-state index contributed by atoms with van der Waals surface area (Å²) in [4.78, 5) is 44.9. The minimum absolute atomic E-state index is 0.189. The Morgan fingerprint density at radius 1 is 0.912 bits per heavy atom. The maximum Gasteiger partial charge on any atom is 0.339 e. The number of pyridine rings is 1. The van der Waals surface area contributed by atoms with Crippen molar-refractivity contribution in [3.05, 3.63) is 53.7 Å². The number of unbranched alkanes of at least 4 members (excludes halogenated alkanes) is 1. The predicted octanol–water partition coefficient (Wildman–Crippen LogP) is 3.96. The minimum Gasteiger partial charge on any atom is -0.462 e. The summed E-state index contributed by atoms with van der Waals surface area (Å²) in [5.74, 6) is 0.0150. The van der Waals surface area contributed by atoms with E-state index in [1.54, 1.807) is 48.2 Å². The van der Waals surface area contributed by atoms with Gasteiger partial charge >= 0.3 is 18.0 Å². The summed E-state index contributed by atoms with van der Waals surface area (Å²) in [6.45, 7) is 7.06. The maximum absolute atomic E-state index is 12.8. The average molecular weight is 469 g/mol. The van der Waals surface area contributed by atoms with E-state index in [1.807, 2.05) is 6.92 Å². The molecule has 2 aromatic rings. The molecule has 1 aromatic heterocycles. The fourth-order valence-electron chi connectivity index (χ4n) is 3.54. The van der Waals surface area contributed by atoms with E-state index in [0.717, 1.165) is 31.6 Å². The largest absolute Gasteiger partial charge is 0.462 e. The van der Waals surface area contributed by atoms with E-state index in [1.165, 1.54) is 6.20 Å². The number of hydrogen-bond donors (Lipinski definition) is 1. The molecule has 0 bridgehead atoms. The third kappa shape index (κ3) is 6.94. The molecular weight excluding hydrogens is 436 g/mol. The van der Waals surface area contributed by atoms with E-state index in [0.29, 0.717) is 49.7 Å². The van der Waals surface area contributed by atoms with Crippen molar-refractivity contribution in [1.82, 2.24) is 9.88 Å². The van der Waals surface area contributed by atoms with Crippen LogP contribution in [-0.2, 0) is 9.47 Å². The molecule has 182 valence electrons. The van der Waals surface area contributed by atoms with E-state index < -0.39 is 0 Å². The molecule has 0 atom stereocenters. The predicted molar refractivity (Wildman–Crippen MR) is 129 cm³/mol. The highest BCUT2D eigenvalue weighted by atomic mass is 16.5. The van der Waals surface area contributed by atoms with Crippen LogP contribution in [0.3, 0.4) is 0 Å². The standard InChI is InChI=1S/C25H32N4O5/c1-3-5-17-34-23(30)19-7-10-21(11-8-19)27-25(32)29-14-6-13-28(15-16-29)22-12-9-20(18-26-22)24(31)33-4-2/h7-12,18H,3-6,13-17H2,1-2H3,(H,27,32). The smallest absolute Gasteiger partial charge is 0.339 e. The van der Waals surface area contributed by atoms with Gasteiger partial charge in [-0.25, -0.2) is 19.4 Å². The number of amides is 2. The Morgan fingerprint density at radius 3 is 2.32 bits per heavy atom. The van der Waals surface area contributed by atoms with Crippen LogP contribution in [0.5, 0.6) is 0 Å². The Bertz CT molecular complexity index is 962. The second-order valence-electron chi connectivity index (χ2n) is 7.95. The van der Waals surface area contributed by atoms with Gasteiger partial charge in [-0.3, -0.25) is 0 Å². The van der Waals surface area contributed by atoms with E-state index in [-0.39, 0.29) is 18.0 Å². The Labute approximate surface area is 200 Å². The molecule has 1 aliphatic rings. The van der Waals surface area contributed by atoms with Gasteiger partial charge in [0, 0.05) is 38.1 Å². The van der Waals surface area contributed by atoms with Crippen molar-refractivity contribution < 1.29 is 23.9 Å². The van der Waals surface area contributed by atoms with Gasteiger partial charge in [0.1, 0.15) is 5.82 Å². The molecule has 0 saturated carbocycles. The summed E-state index contributed by atoms with van der Waals surface area (Å²) >= 11 is 0. The number of carbonyl (C=O) groups excluding carboxylic acids is 3. The molecule has 1 N–H and O–H groups in total. The van der Waals surface area contributed by atoms with Gasteiger partial charge in [-0.05, 0) is 56.2 Å². The molecule has 34 heavy (non-hydrogen) atoms. The van der Waals surface area contributed by atoms with Gasteiger partial charge in [0.25, 0.3) is 0 Å². The summed E-state index contributed by atoms with van der Waals surface area (Å²) in [7, 11) is 0. The number of aromatic nitrogens is 1. The number of benzene rings is 1. The normalized spacial score (nSPS) is 13.7. The zero-order chi connectivity index (χ0) is 24.3. The summed E-state index contributed by atoms with van der Waals surface area (Å²) in [5, 5.41) is 2.89. The molecule has 1 fully saturated rings. The van der Waals surface area contributed by atoms with Crippen LogP contribution in [-0.4, -0.2) is 67.2 Å². The van der Waals surface area contributed by atoms with Crippen LogP contribution in [0.25, 0.3) is 0 Å². The molecule has 0 radical (unpaired) electrons. The van der Waals surface area contributed by atoms with Crippen LogP contribution in [0.4, 0.5) is 16.3 Å². The van der Waals surface area contributed by atoms with Crippen molar-refractivity contribution in [1.29, 1.82) is 0 Å². The quantitative estimate of drug-likeness (QED) is 0.462. The van der Waals surface area contributed by atoms with Gasteiger partial charge in [-0.1, -0.05) is 13.3 Å². The Balaban J connectivity index is 1.51. The van der Waals surface area contributed by atoms with E-state index in [2.05, 4.69) is 15.2 Å². The van der Waals surface area contributed by atoms with Crippen molar-refractivity contribution >= 4 is 29.5 Å². The summed E-state index contributed by atoms with van der Waals surface area (Å²) < 4.78 is 10.2. The van der Waals surface area contributed by atoms with Gasteiger partial charge in [0.05, 0.1) is 24.3 Å². The number of urea groups is 1. The number of ether oxygens (including phenoxy) is 2. The fraction of sp³-hybridized carbons (Fsp3) is 0.440. The molecule has 2 amide bonds. The van der Waals surface area contributed by atoms with E-state index in [9.17, 15) is 14.4 Å². The van der Waals surface area contributed by atoms with Gasteiger partial charge in [-0.2, -0.15) is 0 Å². The Morgan fingerprint density at radius 2 is 1.65 bits per heavy atom. The first-order valence-corrected chi connectivity index (χ1v) is 11.7. The third-order valence-corrected chi connectivity index (χ3v) is 5.47. The molecule has 9 heteroatoms. The first-order chi connectivity index (χ1) is 16.5. The van der Waals surface area contributed by atoms with Crippen LogP contribution in [0, 0.1) is 0 Å². The van der Waals surface area contributed by atoms with Gasteiger partial charge < -0.3 is 24.6 Å². The lowest BCUT2D eigenvalue weighted by Crippen LogP contribution is -2.38. The van der Waals surface area contributed by atoms with Crippen LogP contribution in [0.1, 0.15) is 53.8 Å². The second kappa shape index (κ2) is 12.6. The van der Waals surface area contributed by atoms with E-state index in [4.69, 9.17) is 9.47 Å². The molecular formula is C25H32N4O5. The highest BCUT2D eigenvalue weighted by Gasteiger charge is 2.20. The first-order valence-electron chi connectivity index (χ1n) is 11.7. The Kier molecular flexibility index (Phi) is 9.25. The highest BCUT2D eigenvalue weighted by Crippen LogP contribution is 2.16. The molecule has 1 aromatic carbocycles. The monoisotopic (exact) mass is 468 g/mol. The van der Waals surface area contributed by atoms with Crippen molar-refractivity contribution in [2.24, 2.45) is 0 Å². The maximum atomic E-state index is 12.8. The van der Waals surface area contributed by atoms with Crippen LogP contribution < -0.4 is 10.2 Å². The van der Waals surface area contributed by atoms with Crippen molar-refractivity contribution in [2.45, 2.75) is 33.1 Å². The number of hydrogen-bond acceptors (Lipinski definition) is 7. The van der Waals surface area contributed by atoms with Gasteiger partial charge in [0.2, 0.25) is 0 Å². The van der Waals surface area contributed by atoms with Crippen molar-refractivity contribution in [3.8, 4) is 0 Å². The molecule has 2 heterocycles. The number of esters is 2. The third-order valence-electron chi connectivity index (χ3n) is 5.47. The molecule has 1 aliphatic heterocycles. The Hall–Kier alpha value is -3.62. The molecule has 1 saturated heterocycles. The van der Waals surface area contributed by atoms with Crippen molar-refractivity contribution in [2.75, 3.05) is 49.6 Å². The molecule has 3 rings (SSSR count). The van der Waals surface area contributed by atoms with Crippen molar-refractivity contribution in [3.63, 3.8) is 0 Å². The summed E-state index contributed by atoms with van der Waals surface area (Å²) in [6, 6.07) is 10.0. The lowest BCUT2D eigenvalue weighted by Gasteiger charge is -2.23. The number of carbonyl (C=O) groups is 3. The highest BCUT2D eigenvalue weighted by molar-refractivity contribution is 5.92. The molecule has 0 unspecified atom stereocenters. The van der Waals surface area contributed by atoms with Gasteiger partial charge in [0.15, 0.2) is 0 Å². The minimum atomic E-state index is -0.387. The molecule has 0 aliphatic carbocycles. The fourth-order valence-corrected chi connectivity index (χ4v) is 3.54. The average Bonchev–Trinajstić information content (AvgIpc) is 3.11. The lowest BCUT2D eigenvalue weighted by molar-refractivity contribution is 0.0496. The zero-order valence-corrected chi connectivity index (χ0v) is 19.8. The number of rotatable bonds is 8. The summed E-state index contributed by atoms with van der Waals surface area (Å²) in [6.07, 6.45) is 4.11. The SMILES string of the molecule is CCCCOC(=O)c1ccc(NC(=O)N2CCCN(c3ccc(C(=O)OCC)cn3)CC2)cc1. The lowest BCUT2D eigenvalue weighted by atomic mass is 10.2. The summed E-state index contributed by atoms with van der Waals surface area (Å²) in [5.41, 5.74) is 1.50. The second-order valence-corrected chi connectivity index (χ2v) is 7.95. The van der Waals surface area contributed by atoms with Crippen LogP contribution in [0.15, 0.2) is 42.6 Å². The number of anilines is 2. The first kappa shape index (κ1) is 25.0.